The highest BCUT2D eigenvalue weighted by molar-refractivity contribution is 9.13. The highest BCUT2D eigenvalue weighted by Gasteiger charge is 2.04. The van der Waals surface area contributed by atoms with E-state index in [1.807, 2.05) is 26.0 Å². The number of aryl methyl sites for hydroxylation is 2. The second-order valence-corrected chi connectivity index (χ2v) is 4.86. The number of nitrogens with zero attached hydrogens (tertiary/aromatic N) is 2. The zero-order valence-corrected chi connectivity index (χ0v) is 11.0. The largest absolute Gasteiger partial charge is 0.250 e. The fourth-order valence-electron chi connectivity index (χ4n) is 1.23. The van der Waals surface area contributed by atoms with E-state index in [-0.39, 0.29) is 0 Å². The lowest BCUT2D eigenvalue weighted by Gasteiger charge is -2.03. The number of fused-ring (bicyclic) bond motifs is 1. The lowest BCUT2D eigenvalue weighted by molar-refractivity contribution is 1.10. The van der Waals surface area contributed by atoms with Crippen molar-refractivity contribution in [3.8, 4) is 0 Å². The van der Waals surface area contributed by atoms with Crippen molar-refractivity contribution in [3.63, 3.8) is 0 Å². The van der Waals surface area contributed by atoms with E-state index in [4.69, 9.17) is 0 Å². The Kier molecular flexibility index (Phi) is 2.58. The van der Waals surface area contributed by atoms with Crippen molar-refractivity contribution in [1.82, 2.24) is 9.97 Å². The highest BCUT2D eigenvalue weighted by Crippen LogP contribution is 2.27. The first kappa shape index (κ1) is 10.1. The quantitative estimate of drug-likeness (QED) is 0.739. The molecule has 0 atom stereocenters. The van der Waals surface area contributed by atoms with E-state index in [1.54, 1.807) is 0 Å². The van der Waals surface area contributed by atoms with Crippen molar-refractivity contribution >= 4 is 42.9 Å². The standard InChI is InChI=1S/C10H8Br2N2/c1-5-6(2)14-10-4-8(12)7(11)3-9(10)13-5/h3-4H,1-2H3. The smallest absolute Gasteiger partial charge is 0.0902 e. The first-order valence-corrected chi connectivity index (χ1v) is 5.76. The van der Waals surface area contributed by atoms with Gasteiger partial charge in [0.05, 0.1) is 22.4 Å². The Morgan fingerprint density at radius 1 is 0.857 bits per heavy atom. The van der Waals surface area contributed by atoms with E-state index in [9.17, 15) is 0 Å². The van der Waals surface area contributed by atoms with Crippen molar-refractivity contribution in [1.29, 1.82) is 0 Å². The average Bonchev–Trinajstić information content (AvgIpc) is 2.11. The molecule has 0 aliphatic rings. The topological polar surface area (TPSA) is 25.8 Å². The van der Waals surface area contributed by atoms with Gasteiger partial charge in [0.15, 0.2) is 0 Å². The number of benzene rings is 1. The summed E-state index contributed by atoms with van der Waals surface area (Å²) in [5, 5.41) is 0. The van der Waals surface area contributed by atoms with Crippen molar-refractivity contribution in [2.45, 2.75) is 13.8 Å². The maximum absolute atomic E-state index is 4.46. The monoisotopic (exact) mass is 314 g/mol. The first-order chi connectivity index (χ1) is 6.58. The predicted octanol–water partition coefficient (Wildman–Crippen LogP) is 3.77. The van der Waals surface area contributed by atoms with Crippen LogP contribution in [0.25, 0.3) is 11.0 Å². The molecule has 0 spiro atoms. The number of aromatic nitrogens is 2. The summed E-state index contributed by atoms with van der Waals surface area (Å²) in [7, 11) is 0. The van der Waals surface area contributed by atoms with Crippen LogP contribution in [0.2, 0.25) is 0 Å². The third kappa shape index (κ3) is 1.68. The Bertz CT molecular complexity index is 420. The second-order valence-electron chi connectivity index (χ2n) is 3.15. The lowest BCUT2D eigenvalue weighted by Crippen LogP contribution is -1.93. The molecule has 0 unspecified atom stereocenters. The fraction of sp³-hybridized carbons (Fsp3) is 0.200. The summed E-state index contributed by atoms with van der Waals surface area (Å²) in [6.45, 7) is 3.94. The Labute approximate surface area is 99.0 Å². The molecule has 2 rings (SSSR count). The minimum atomic E-state index is 0.920. The summed E-state index contributed by atoms with van der Waals surface area (Å²) in [5.74, 6) is 0. The van der Waals surface area contributed by atoms with Crippen molar-refractivity contribution in [2.24, 2.45) is 0 Å². The molecule has 0 saturated carbocycles. The Morgan fingerprint density at radius 2 is 1.21 bits per heavy atom. The third-order valence-corrected chi connectivity index (χ3v) is 3.96. The molecule has 0 aliphatic carbocycles. The summed E-state index contributed by atoms with van der Waals surface area (Å²) in [5.41, 5.74) is 3.80. The molecule has 2 aromatic rings. The summed E-state index contributed by atoms with van der Waals surface area (Å²) in [6.07, 6.45) is 0. The fourth-order valence-corrected chi connectivity index (χ4v) is 1.89. The van der Waals surface area contributed by atoms with Gasteiger partial charge in [0.25, 0.3) is 0 Å². The van der Waals surface area contributed by atoms with Crippen LogP contribution in [-0.2, 0) is 0 Å². The molecule has 0 N–H and O–H groups in total. The summed E-state index contributed by atoms with van der Waals surface area (Å²) >= 11 is 6.89. The molecular formula is C10H8Br2N2. The predicted molar refractivity (Wildman–Crippen MR) is 64.4 cm³/mol. The van der Waals surface area contributed by atoms with Gasteiger partial charge in [-0.3, -0.25) is 0 Å². The van der Waals surface area contributed by atoms with Gasteiger partial charge in [-0.25, -0.2) is 9.97 Å². The molecule has 0 fully saturated rings. The minimum absolute atomic E-state index is 0.920. The summed E-state index contributed by atoms with van der Waals surface area (Å²) in [6, 6.07) is 3.94. The van der Waals surface area contributed by atoms with Gasteiger partial charge < -0.3 is 0 Å². The van der Waals surface area contributed by atoms with Crippen LogP contribution in [0.1, 0.15) is 11.4 Å². The number of hydrogen-bond donors (Lipinski definition) is 0. The molecule has 1 heterocycles. The van der Waals surface area contributed by atoms with Gasteiger partial charge in [0, 0.05) is 8.95 Å². The van der Waals surface area contributed by atoms with Crippen molar-refractivity contribution < 1.29 is 0 Å². The van der Waals surface area contributed by atoms with Gasteiger partial charge in [0.2, 0.25) is 0 Å². The Morgan fingerprint density at radius 3 is 1.57 bits per heavy atom. The van der Waals surface area contributed by atoms with Crippen LogP contribution >= 0.6 is 31.9 Å². The normalized spacial score (nSPS) is 10.9. The number of halogens is 2. The SMILES string of the molecule is Cc1nc2cc(Br)c(Br)cc2nc1C. The summed E-state index contributed by atoms with van der Waals surface area (Å²) in [4.78, 5) is 8.93. The molecule has 1 aromatic heterocycles. The zero-order chi connectivity index (χ0) is 10.3. The number of hydrogen-bond acceptors (Lipinski definition) is 2. The molecular weight excluding hydrogens is 308 g/mol. The van der Waals surface area contributed by atoms with Gasteiger partial charge in [-0.2, -0.15) is 0 Å². The van der Waals surface area contributed by atoms with E-state index in [0.29, 0.717) is 0 Å². The van der Waals surface area contributed by atoms with Gasteiger partial charge in [-0.05, 0) is 57.8 Å². The highest BCUT2D eigenvalue weighted by atomic mass is 79.9. The van der Waals surface area contributed by atoms with Crippen LogP contribution in [-0.4, -0.2) is 9.97 Å². The van der Waals surface area contributed by atoms with Crippen molar-refractivity contribution in [3.05, 3.63) is 32.5 Å². The van der Waals surface area contributed by atoms with Crippen LogP contribution in [0, 0.1) is 13.8 Å². The molecule has 1 aromatic carbocycles. The maximum Gasteiger partial charge on any atom is 0.0902 e. The second kappa shape index (κ2) is 3.59. The van der Waals surface area contributed by atoms with Crippen LogP contribution in [0.5, 0.6) is 0 Å². The Balaban J connectivity index is 2.83. The van der Waals surface area contributed by atoms with Gasteiger partial charge in [0.1, 0.15) is 0 Å². The molecule has 2 nitrogen and oxygen atoms in total. The third-order valence-electron chi connectivity index (χ3n) is 2.12. The molecule has 4 heteroatoms. The van der Waals surface area contributed by atoms with Crippen LogP contribution < -0.4 is 0 Å². The van der Waals surface area contributed by atoms with Crippen molar-refractivity contribution in [2.75, 3.05) is 0 Å². The van der Waals surface area contributed by atoms with Crippen LogP contribution in [0.3, 0.4) is 0 Å². The van der Waals surface area contributed by atoms with Gasteiger partial charge >= 0.3 is 0 Å². The van der Waals surface area contributed by atoms with E-state index in [1.165, 1.54) is 0 Å². The van der Waals surface area contributed by atoms with E-state index < -0.39 is 0 Å². The van der Waals surface area contributed by atoms with E-state index in [2.05, 4.69) is 41.8 Å². The molecule has 0 saturated heterocycles. The molecule has 14 heavy (non-hydrogen) atoms. The van der Waals surface area contributed by atoms with Crippen LogP contribution in [0.15, 0.2) is 21.1 Å². The van der Waals surface area contributed by atoms with Crippen LogP contribution in [0.4, 0.5) is 0 Å². The molecule has 72 valence electrons. The number of rotatable bonds is 0. The zero-order valence-electron chi connectivity index (χ0n) is 7.81. The van der Waals surface area contributed by atoms with Gasteiger partial charge in [-0.1, -0.05) is 0 Å². The lowest BCUT2D eigenvalue weighted by atomic mass is 10.2. The molecule has 0 aliphatic heterocycles. The van der Waals surface area contributed by atoms with E-state index >= 15 is 0 Å². The molecule has 0 radical (unpaired) electrons. The molecule has 0 bridgehead atoms. The maximum atomic E-state index is 4.46. The first-order valence-electron chi connectivity index (χ1n) is 4.18. The van der Waals surface area contributed by atoms with E-state index in [0.717, 1.165) is 31.4 Å². The summed E-state index contributed by atoms with van der Waals surface area (Å²) < 4.78 is 2.00. The average molecular weight is 316 g/mol. The molecule has 0 amide bonds. The Hall–Kier alpha value is -0.480. The van der Waals surface area contributed by atoms with Gasteiger partial charge in [-0.15, -0.1) is 0 Å². The minimum Gasteiger partial charge on any atom is -0.250 e.